The third-order valence-corrected chi connectivity index (χ3v) is 2.68. The molecule has 5 heteroatoms. The van der Waals surface area contributed by atoms with E-state index in [-0.39, 0.29) is 29.6 Å². The molecule has 0 spiro atoms. The summed E-state index contributed by atoms with van der Waals surface area (Å²) >= 11 is 0. The van der Waals surface area contributed by atoms with Crippen LogP contribution in [-0.2, 0) is 6.54 Å². The molecule has 1 aromatic heterocycles. The van der Waals surface area contributed by atoms with E-state index in [1.807, 2.05) is 0 Å². The van der Waals surface area contributed by atoms with E-state index in [0.29, 0.717) is 11.1 Å². The number of rotatable bonds is 3. The first-order valence-electron chi connectivity index (χ1n) is 5.73. The van der Waals surface area contributed by atoms with Gasteiger partial charge in [0.2, 0.25) is 0 Å². The summed E-state index contributed by atoms with van der Waals surface area (Å²) in [6, 6.07) is 6.11. The van der Waals surface area contributed by atoms with Gasteiger partial charge in [-0.15, -0.1) is 0 Å². The molecular weight excluding hydrogens is 247 g/mol. The van der Waals surface area contributed by atoms with Gasteiger partial charge in [-0.05, 0) is 30.2 Å². The molecule has 1 heterocycles. The number of halogens is 1. The Balaban J connectivity index is 2.02. The summed E-state index contributed by atoms with van der Waals surface area (Å²) in [7, 11) is 0. The van der Waals surface area contributed by atoms with Crippen LogP contribution in [0, 0.1) is 12.7 Å². The number of carbonyl (C=O) groups is 1. The molecule has 2 N–H and O–H groups in total. The largest absolute Gasteiger partial charge is 0.506 e. The van der Waals surface area contributed by atoms with Crippen molar-refractivity contribution in [3.63, 3.8) is 0 Å². The minimum absolute atomic E-state index is 0.0750. The zero-order valence-electron chi connectivity index (χ0n) is 10.4. The first kappa shape index (κ1) is 13.0. The van der Waals surface area contributed by atoms with Gasteiger partial charge in [-0.2, -0.15) is 0 Å². The quantitative estimate of drug-likeness (QED) is 0.889. The predicted octanol–water partition coefficient (Wildman–Crippen LogP) is 2.16. The van der Waals surface area contributed by atoms with Crippen molar-refractivity contribution in [2.45, 2.75) is 13.5 Å². The van der Waals surface area contributed by atoms with Crippen molar-refractivity contribution < 1.29 is 14.3 Å². The van der Waals surface area contributed by atoms with Gasteiger partial charge in [0.25, 0.3) is 5.91 Å². The molecule has 0 fully saturated rings. The van der Waals surface area contributed by atoms with Gasteiger partial charge in [0.05, 0.1) is 11.8 Å². The van der Waals surface area contributed by atoms with Crippen LogP contribution in [0.2, 0.25) is 0 Å². The molecular formula is C14H13FN2O2. The Labute approximate surface area is 109 Å². The van der Waals surface area contributed by atoms with Crippen LogP contribution < -0.4 is 5.32 Å². The van der Waals surface area contributed by atoms with E-state index in [4.69, 9.17) is 0 Å². The molecule has 0 atom stereocenters. The molecule has 0 aliphatic rings. The zero-order valence-corrected chi connectivity index (χ0v) is 10.4. The number of aromatic nitrogens is 1. The lowest BCUT2D eigenvalue weighted by atomic mass is 10.1. The van der Waals surface area contributed by atoms with Gasteiger partial charge in [0.1, 0.15) is 11.6 Å². The minimum atomic E-state index is -0.371. The number of aryl methyl sites for hydroxylation is 1. The summed E-state index contributed by atoms with van der Waals surface area (Å²) in [5, 5.41) is 11.9. The molecule has 0 aliphatic carbocycles. The highest BCUT2D eigenvalue weighted by molar-refractivity contribution is 5.94. The summed E-state index contributed by atoms with van der Waals surface area (Å²) < 4.78 is 13.3. The van der Waals surface area contributed by atoms with E-state index in [1.165, 1.54) is 24.5 Å². The molecule has 19 heavy (non-hydrogen) atoms. The van der Waals surface area contributed by atoms with Crippen LogP contribution in [0.25, 0.3) is 0 Å². The lowest BCUT2D eigenvalue weighted by molar-refractivity contribution is 0.0950. The molecule has 0 radical (unpaired) electrons. The number of amides is 1. The van der Waals surface area contributed by atoms with Crippen LogP contribution in [0.1, 0.15) is 21.5 Å². The van der Waals surface area contributed by atoms with Crippen molar-refractivity contribution in [3.05, 3.63) is 59.2 Å². The summed E-state index contributed by atoms with van der Waals surface area (Å²) in [6.07, 6.45) is 2.59. The molecule has 0 aliphatic heterocycles. The van der Waals surface area contributed by atoms with Crippen molar-refractivity contribution in [1.29, 1.82) is 0 Å². The average Bonchev–Trinajstić information content (AvgIpc) is 2.40. The van der Waals surface area contributed by atoms with Gasteiger partial charge in [-0.25, -0.2) is 4.39 Å². The Kier molecular flexibility index (Phi) is 3.75. The SMILES string of the molecule is Cc1ccc(CNC(=O)c2cncc(O)c2)cc1F. The second-order valence-corrected chi connectivity index (χ2v) is 4.20. The first-order valence-corrected chi connectivity index (χ1v) is 5.73. The van der Waals surface area contributed by atoms with E-state index >= 15 is 0 Å². The van der Waals surface area contributed by atoms with Crippen molar-refractivity contribution in [2.24, 2.45) is 0 Å². The molecule has 2 aromatic rings. The predicted molar refractivity (Wildman–Crippen MR) is 68.2 cm³/mol. The molecule has 2 rings (SSSR count). The molecule has 0 unspecified atom stereocenters. The Morgan fingerprint density at radius 3 is 2.84 bits per heavy atom. The summed E-state index contributed by atoms with van der Waals surface area (Å²) in [5.41, 5.74) is 1.49. The third-order valence-electron chi connectivity index (χ3n) is 2.68. The minimum Gasteiger partial charge on any atom is -0.506 e. The lowest BCUT2D eigenvalue weighted by Crippen LogP contribution is -2.22. The Morgan fingerprint density at radius 1 is 1.37 bits per heavy atom. The Hall–Kier alpha value is -2.43. The first-order chi connectivity index (χ1) is 9.06. The van der Waals surface area contributed by atoms with Gasteiger partial charge in [-0.3, -0.25) is 9.78 Å². The highest BCUT2D eigenvalue weighted by Crippen LogP contribution is 2.10. The van der Waals surface area contributed by atoms with Crippen LogP contribution in [0.5, 0.6) is 5.75 Å². The Morgan fingerprint density at radius 2 is 2.16 bits per heavy atom. The van der Waals surface area contributed by atoms with E-state index < -0.39 is 0 Å². The fourth-order valence-electron chi connectivity index (χ4n) is 1.58. The molecule has 1 aromatic carbocycles. The standard InChI is InChI=1S/C14H13FN2O2/c1-9-2-3-10(4-13(9)15)6-17-14(19)11-5-12(18)8-16-7-11/h2-5,7-8,18H,6H2,1H3,(H,17,19). The average molecular weight is 260 g/mol. The number of aromatic hydroxyl groups is 1. The monoisotopic (exact) mass is 260 g/mol. The molecule has 1 amide bonds. The molecule has 0 saturated heterocycles. The molecule has 98 valence electrons. The van der Waals surface area contributed by atoms with Gasteiger partial charge in [0, 0.05) is 12.7 Å². The van der Waals surface area contributed by atoms with E-state index in [1.54, 1.807) is 19.1 Å². The smallest absolute Gasteiger partial charge is 0.253 e. The number of hydrogen-bond donors (Lipinski definition) is 2. The van der Waals surface area contributed by atoms with Crippen molar-refractivity contribution in [2.75, 3.05) is 0 Å². The van der Waals surface area contributed by atoms with Crippen LogP contribution in [0.3, 0.4) is 0 Å². The normalized spacial score (nSPS) is 10.2. The second kappa shape index (κ2) is 5.48. The maximum Gasteiger partial charge on any atom is 0.253 e. The van der Waals surface area contributed by atoms with Gasteiger partial charge >= 0.3 is 0 Å². The van der Waals surface area contributed by atoms with E-state index in [2.05, 4.69) is 10.3 Å². The van der Waals surface area contributed by atoms with Gasteiger partial charge in [0.15, 0.2) is 0 Å². The summed E-state index contributed by atoms with van der Waals surface area (Å²) in [4.78, 5) is 15.5. The maximum atomic E-state index is 13.3. The fourth-order valence-corrected chi connectivity index (χ4v) is 1.58. The second-order valence-electron chi connectivity index (χ2n) is 4.20. The van der Waals surface area contributed by atoms with Crippen LogP contribution in [-0.4, -0.2) is 16.0 Å². The third kappa shape index (κ3) is 3.28. The molecule has 4 nitrogen and oxygen atoms in total. The lowest BCUT2D eigenvalue weighted by Gasteiger charge is -2.06. The number of hydrogen-bond acceptors (Lipinski definition) is 3. The number of benzene rings is 1. The van der Waals surface area contributed by atoms with Crippen LogP contribution >= 0.6 is 0 Å². The fraction of sp³-hybridized carbons (Fsp3) is 0.143. The molecule has 0 saturated carbocycles. The summed E-state index contributed by atoms with van der Waals surface area (Å²) in [6.45, 7) is 1.89. The highest BCUT2D eigenvalue weighted by atomic mass is 19.1. The maximum absolute atomic E-state index is 13.3. The Bertz CT molecular complexity index is 614. The van der Waals surface area contributed by atoms with Crippen LogP contribution in [0.4, 0.5) is 4.39 Å². The molecule has 0 bridgehead atoms. The number of nitrogens with one attached hydrogen (secondary N) is 1. The number of carbonyl (C=O) groups excluding carboxylic acids is 1. The zero-order chi connectivity index (χ0) is 13.8. The van der Waals surface area contributed by atoms with Gasteiger partial charge in [-0.1, -0.05) is 12.1 Å². The van der Waals surface area contributed by atoms with E-state index in [0.717, 1.165) is 0 Å². The van der Waals surface area contributed by atoms with Gasteiger partial charge < -0.3 is 10.4 Å². The van der Waals surface area contributed by atoms with Crippen molar-refractivity contribution >= 4 is 5.91 Å². The van der Waals surface area contributed by atoms with Crippen LogP contribution in [0.15, 0.2) is 36.7 Å². The summed E-state index contributed by atoms with van der Waals surface area (Å²) in [5.74, 6) is -0.746. The van der Waals surface area contributed by atoms with Crippen molar-refractivity contribution in [1.82, 2.24) is 10.3 Å². The number of nitrogens with zero attached hydrogens (tertiary/aromatic N) is 1. The van der Waals surface area contributed by atoms with E-state index in [9.17, 15) is 14.3 Å². The number of pyridine rings is 1. The van der Waals surface area contributed by atoms with Crippen molar-refractivity contribution in [3.8, 4) is 5.75 Å². The highest BCUT2D eigenvalue weighted by Gasteiger charge is 2.07. The topological polar surface area (TPSA) is 62.2 Å².